The molecule has 1 saturated heterocycles. The molecule has 0 aliphatic carbocycles. The third kappa shape index (κ3) is 3.88. The van der Waals surface area contributed by atoms with Gasteiger partial charge in [0.05, 0.1) is 26.3 Å². The van der Waals surface area contributed by atoms with Crippen molar-refractivity contribution in [1.29, 1.82) is 0 Å². The molecule has 0 unspecified atom stereocenters. The van der Waals surface area contributed by atoms with Crippen LogP contribution in [0.25, 0.3) is 0 Å². The number of ether oxygens (including phenoxy) is 1. The van der Waals surface area contributed by atoms with E-state index in [1.807, 2.05) is 38.1 Å². The summed E-state index contributed by atoms with van der Waals surface area (Å²) >= 11 is 0. The van der Waals surface area contributed by atoms with Crippen molar-refractivity contribution in [1.82, 2.24) is 19.9 Å². The second kappa shape index (κ2) is 7.45. The van der Waals surface area contributed by atoms with Crippen LogP contribution in [-0.2, 0) is 16.8 Å². The number of piperidine rings is 1. The molecule has 0 radical (unpaired) electrons. The summed E-state index contributed by atoms with van der Waals surface area (Å²) in [6.45, 7) is 4.90. The summed E-state index contributed by atoms with van der Waals surface area (Å²) in [7, 11) is 1.61. The number of nitrogens with zero attached hydrogens (tertiary/aromatic N) is 4. The first kappa shape index (κ1) is 18.4. The van der Waals surface area contributed by atoms with E-state index in [0.29, 0.717) is 18.7 Å². The van der Waals surface area contributed by atoms with Crippen molar-refractivity contribution in [2.45, 2.75) is 44.8 Å². The summed E-state index contributed by atoms with van der Waals surface area (Å²) in [5.74, 6) is 0.725. The van der Waals surface area contributed by atoms with Crippen molar-refractivity contribution in [3.63, 3.8) is 0 Å². The van der Waals surface area contributed by atoms with Gasteiger partial charge >= 0.3 is 0 Å². The van der Waals surface area contributed by atoms with E-state index >= 15 is 0 Å². The Kier molecular flexibility index (Phi) is 5.27. The monoisotopic (exact) mass is 358 g/mol. The molecule has 1 N–H and O–H groups in total. The minimum absolute atomic E-state index is 0.00682. The van der Waals surface area contributed by atoms with Crippen molar-refractivity contribution in [2.24, 2.45) is 0 Å². The maximum atomic E-state index is 12.7. The highest BCUT2D eigenvalue weighted by molar-refractivity contribution is 5.79. The number of β-amino-alcohol motifs (C(OH)–C–C–N with tert-alkyl or cyclic N) is 1. The van der Waals surface area contributed by atoms with Crippen LogP contribution < -0.4 is 4.74 Å². The van der Waals surface area contributed by atoms with Gasteiger partial charge in [-0.25, -0.2) is 4.68 Å². The van der Waals surface area contributed by atoms with Crippen molar-refractivity contribution in [3.05, 3.63) is 41.7 Å². The summed E-state index contributed by atoms with van der Waals surface area (Å²) in [6.07, 6.45) is 3.37. The number of rotatable bonds is 5. The van der Waals surface area contributed by atoms with Crippen LogP contribution in [0, 0.1) is 0 Å². The molecule has 1 aromatic heterocycles. The summed E-state index contributed by atoms with van der Waals surface area (Å²) < 4.78 is 6.94. The normalized spacial score (nSPS) is 20.4. The average Bonchev–Trinajstić information content (AvgIpc) is 3.13. The number of carbonyl (C=O) groups is 1. The number of aliphatic hydroxyl groups is 1. The predicted molar refractivity (Wildman–Crippen MR) is 96.8 cm³/mol. The molecule has 1 amide bonds. The fourth-order valence-corrected chi connectivity index (χ4v) is 3.27. The zero-order valence-corrected chi connectivity index (χ0v) is 15.6. The molecule has 3 rings (SSSR count). The Morgan fingerprint density at radius 3 is 2.92 bits per heavy atom. The highest BCUT2D eigenvalue weighted by Gasteiger charge is 2.39. The average molecular weight is 358 g/mol. The van der Waals surface area contributed by atoms with Crippen LogP contribution in [0.1, 0.15) is 44.0 Å². The number of aromatic nitrogens is 3. The molecular formula is C19H26N4O3. The molecule has 26 heavy (non-hydrogen) atoms. The first-order valence-corrected chi connectivity index (χ1v) is 8.97. The highest BCUT2D eigenvalue weighted by atomic mass is 16.5. The molecule has 7 nitrogen and oxygen atoms in total. The molecule has 1 aliphatic heterocycles. The van der Waals surface area contributed by atoms with Gasteiger partial charge < -0.3 is 14.7 Å². The van der Waals surface area contributed by atoms with E-state index in [4.69, 9.17) is 4.74 Å². The van der Waals surface area contributed by atoms with Crippen LogP contribution in [0.15, 0.2) is 30.5 Å². The molecule has 140 valence electrons. The third-order valence-electron chi connectivity index (χ3n) is 4.83. The quantitative estimate of drug-likeness (QED) is 0.883. The number of methoxy groups -OCH3 is 1. The summed E-state index contributed by atoms with van der Waals surface area (Å²) in [4.78, 5) is 14.5. The number of benzene rings is 1. The van der Waals surface area contributed by atoms with Gasteiger partial charge in [0, 0.05) is 12.6 Å². The molecule has 1 aromatic carbocycles. The first-order valence-electron chi connectivity index (χ1n) is 8.97. The molecule has 0 spiro atoms. The van der Waals surface area contributed by atoms with E-state index < -0.39 is 5.60 Å². The molecule has 0 bridgehead atoms. The number of likely N-dealkylation sites (tertiary alicyclic amines) is 1. The molecule has 2 aromatic rings. The van der Waals surface area contributed by atoms with Gasteiger partial charge in [-0.05, 0) is 44.4 Å². The standard InChI is InChI=1S/C19H26N4O3/c1-14(2)23-12-17(20-21-23)19(25)8-5-9-22(13-19)18(24)11-15-6-4-7-16(10-15)26-3/h4,6-7,10,12,14,25H,5,8-9,11,13H2,1-3H3/t19-/m0/s1. The Morgan fingerprint density at radius 2 is 2.23 bits per heavy atom. The molecule has 2 heterocycles. The number of amides is 1. The molecule has 1 atom stereocenters. The second-order valence-corrected chi connectivity index (χ2v) is 7.16. The SMILES string of the molecule is COc1cccc(CC(=O)N2CCC[C@@](O)(c3cn(C(C)C)nn3)C2)c1. The Bertz CT molecular complexity index is 774. The fourth-order valence-electron chi connectivity index (χ4n) is 3.27. The molecule has 7 heteroatoms. The molecular weight excluding hydrogens is 332 g/mol. The van der Waals surface area contributed by atoms with Crippen molar-refractivity contribution in [3.8, 4) is 5.75 Å². The van der Waals surface area contributed by atoms with E-state index in [0.717, 1.165) is 17.7 Å². The summed E-state index contributed by atoms with van der Waals surface area (Å²) in [5, 5.41) is 19.3. The Hall–Kier alpha value is -2.41. The minimum atomic E-state index is -1.14. The van der Waals surface area contributed by atoms with E-state index in [2.05, 4.69) is 10.3 Å². The van der Waals surface area contributed by atoms with Gasteiger partial charge in [0.1, 0.15) is 17.0 Å². The Balaban J connectivity index is 1.71. The van der Waals surface area contributed by atoms with Crippen LogP contribution in [0.5, 0.6) is 5.75 Å². The van der Waals surface area contributed by atoms with Gasteiger partial charge in [-0.2, -0.15) is 0 Å². The van der Waals surface area contributed by atoms with Crippen LogP contribution in [0.4, 0.5) is 0 Å². The minimum Gasteiger partial charge on any atom is -0.497 e. The Morgan fingerprint density at radius 1 is 1.42 bits per heavy atom. The highest BCUT2D eigenvalue weighted by Crippen LogP contribution is 2.30. The lowest BCUT2D eigenvalue weighted by Crippen LogP contribution is -2.49. The summed E-state index contributed by atoms with van der Waals surface area (Å²) in [6, 6.07) is 7.67. The lowest BCUT2D eigenvalue weighted by molar-refractivity contribution is -0.138. The summed E-state index contributed by atoms with van der Waals surface area (Å²) in [5.41, 5.74) is 0.286. The van der Waals surface area contributed by atoms with Crippen molar-refractivity contribution >= 4 is 5.91 Å². The van der Waals surface area contributed by atoms with Gasteiger partial charge in [0.15, 0.2) is 0 Å². The lowest BCUT2D eigenvalue weighted by atomic mass is 9.89. The van der Waals surface area contributed by atoms with Gasteiger partial charge in [0.25, 0.3) is 0 Å². The first-order chi connectivity index (χ1) is 12.4. The van der Waals surface area contributed by atoms with Gasteiger partial charge in [0.2, 0.25) is 5.91 Å². The number of hydrogen-bond donors (Lipinski definition) is 1. The zero-order chi connectivity index (χ0) is 18.7. The van der Waals surface area contributed by atoms with Crippen molar-refractivity contribution < 1.29 is 14.6 Å². The zero-order valence-electron chi connectivity index (χ0n) is 15.6. The molecule has 1 aliphatic rings. The molecule has 0 saturated carbocycles. The predicted octanol–water partition coefficient (Wildman–Crippen LogP) is 1.92. The van der Waals surface area contributed by atoms with Crippen molar-refractivity contribution in [2.75, 3.05) is 20.2 Å². The van der Waals surface area contributed by atoms with Crippen LogP contribution in [-0.4, -0.2) is 51.1 Å². The van der Waals surface area contributed by atoms with E-state index in [9.17, 15) is 9.90 Å². The van der Waals surface area contributed by atoms with Gasteiger partial charge in [-0.1, -0.05) is 17.3 Å². The smallest absolute Gasteiger partial charge is 0.227 e. The number of carbonyl (C=O) groups excluding carboxylic acids is 1. The van der Waals surface area contributed by atoms with E-state index in [1.165, 1.54) is 0 Å². The Labute approximate surface area is 153 Å². The molecule has 1 fully saturated rings. The topological polar surface area (TPSA) is 80.5 Å². The van der Waals surface area contributed by atoms with Crippen LogP contribution >= 0.6 is 0 Å². The fraction of sp³-hybridized carbons (Fsp3) is 0.526. The van der Waals surface area contributed by atoms with Crippen LogP contribution in [0.3, 0.4) is 0 Å². The van der Waals surface area contributed by atoms with E-state index in [-0.39, 0.29) is 24.9 Å². The largest absolute Gasteiger partial charge is 0.497 e. The number of hydrogen-bond acceptors (Lipinski definition) is 5. The lowest BCUT2D eigenvalue weighted by Gasteiger charge is -2.38. The van der Waals surface area contributed by atoms with Gasteiger partial charge in [-0.15, -0.1) is 5.10 Å². The van der Waals surface area contributed by atoms with E-state index in [1.54, 1.807) is 22.9 Å². The van der Waals surface area contributed by atoms with Crippen LogP contribution in [0.2, 0.25) is 0 Å². The maximum absolute atomic E-state index is 12.7. The maximum Gasteiger partial charge on any atom is 0.227 e. The van der Waals surface area contributed by atoms with Gasteiger partial charge in [-0.3, -0.25) is 4.79 Å². The second-order valence-electron chi connectivity index (χ2n) is 7.16. The third-order valence-corrected chi connectivity index (χ3v) is 4.83.